The Kier molecular flexibility index (Phi) is 5.28. The van der Waals surface area contributed by atoms with Crippen LogP contribution >= 0.6 is 0 Å². The quantitative estimate of drug-likeness (QED) is 0.904. The molecule has 3 atom stereocenters. The van der Waals surface area contributed by atoms with Gasteiger partial charge < -0.3 is 9.84 Å². The van der Waals surface area contributed by atoms with Gasteiger partial charge in [0.25, 0.3) is 0 Å². The van der Waals surface area contributed by atoms with Crippen LogP contribution in [0.15, 0.2) is 30.3 Å². The van der Waals surface area contributed by atoms with Crippen LogP contribution < -0.4 is 0 Å². The van der Waals surface area contributed by atoms with Gasteiger partial charge in [0.05, 0.1) is 18.8 Å². The summed E-state index contributed by atoms with van der Waals surface area (Å²) in [6, 6.07) is 11.1. The molecule has 0 bridgehead atoms. The fourth-order valence-electron chi connectivity index (χ4n) is 3.73. The van der Waals surface area contributed by atoms with Crippen LogP contribution in [0.5, 0.6) is 0 Å². The second-order valence-corrected chi connectivity index (χ2v) is 6.43. The third kappa shape index (κ3) is 4.06. The fraction of sp³-hybridized carbons (Fsp3) is 0.667. The van der Waals surface area contributed by atoms with Gasteiger partial charge in [-0.25, -0.2) is 0 Å². The number of hydrogen-bond acceptors (Lipinski definition) is 3. The van der Waals surface area contributed by atoms with Crippen LogP contribution in [0.1, 0.15) is 37.7 Å². The molecule has 1 saturated carbocycles. The number of hydrogen-bond donors (Lipinski definition) is 1. The zero-order valence-corrected chi connectivity index (χ0v) is 12.8. The topological polar surface area (TPSA) is 32.7 Å². The van der Waals surface area contributed by atoms with Crippen molar-refractivity contribution < 1.29 is 9.84 Å². The lowest BCUT2D eigenvalue weighted by Crippen LogP contribution is -2.46. The van der Waals surface area contributed by atoms with Gasteiger partial charge in [0.1, 0.15) is 0 Å². The highest BCUT2D eigenvalue weighted by atomic mass is 16.5. The number of ether oxygens (including phenoxy) is 1. The number of aliphatic hydroxyl groups excluding tert-OH is 1. The maximum atomic E-state index is 9.76. The van der Waals surface area contributed by atoms with E-state index >= 15 is 0 Å². The van der Waals surface area contributed by atoms with Gasteiger partial charge >= 0.3 is 0 Å². The summed E-state index contributed by atoms with van der Waals surface area (Å²) < 4.78 is 6.22. The Hall–Kier alpha value is -0.900. The molecule has 21 heavy (non-hydrogen) atoms. The summed E-state index contributed by atoms with van der Waals surface area (Å²) in [4.78, 5) is 2.46. The second kappa shape index (κ2) is 7.39. The van der Waals surface area contributed by atoms with Crippen LogP contribution in [-0.2, 0) is 11.2 Å². The number of likely N-dealkylation sites (tertiary alicyclic amines) is 1. The zero-order chi connectivity index (χ0) is 14.5. The van der Waals surface area contributed by atoms with Crippen molar-refractivity contribution in [3.05, 3.63) is 35.9 Å². The second-order valence-electron chi connectivity index (χ2n) is 6.43. The average molecular weight is 289 g/mol. The van der Waals surface area contributed by atoms with Gasteiger partial charge in [-0.2, -0.15) is 0 Å². The van der Waals surface area contributed by atoms with Crippen molar-refractivity contribution in [2.24, 2.45) is 0 Å². The van der Waals surface area contributed by atoms with Crippen molar-refractivity contribution in [1.82, 2.24) is 4.90 Å². The van der Waals surface area contributed by atoms with Gasteiger partial charge in [-0.3, -0.25) is 4.90 Å². The van der Waals surface area contributed by atoms with Gasteiger partial charge in [0.15, 0.2) is 0 Å². The first kappa shape index (κ1) is 15.0. The van der Waals surface area contributed by atoms with E-state index in [2.05, 4.69) is 35.2 Å². The average Bonchev–Trinajstić information content (AvgIpc) is 2.95. The van der Waals surface area contributed by atoms with E-state index in [-0.39, 0.29) is 6.10 Å². The van der Waals surface area contributed by atoms with Crippen molar-refractivity contribution in [3.63, 3.8) is 0 Å². The Morgan fingerprint density at radius 3 is 2.67 bits per heavy atom. The maximum Gasteiger partial charge on any atom is 0.0730 e. The van der Waals surface area contributed by atoms with E-state index in [0.717, 1.165) is 32.5 Å². The van der Waals surface area contributed by atoms with Crippen molar-refractivity contribution in [3.8, 4) is 0 Å². The summed E-state index contributed by atoms with van der Waals surface area (Å²) in [5, 5.41) is 9.76. The van der Waals surface area contributed by atoms with Gasteiger partial charge in [-0.1, -0.05) is 43.2 Å². The Bertz CT molecular complexity index is 422. The van der Waals surface area contributed by atoms with Crippen LogP contribution in [0.4, 0.5) is 0 Å². The van der Waals surface area contributed by atoms with E-state index in [1.54, 1.807) is 0 Å². The van der Waals surface area contributed by atoms with Crippen molar-refractivity contribution in [1.29, 1.82) is 0 Å². The van der Waals surface area contributed by atoms with Crippen molar-refractivity contribution >= 4 is 0 Å². The molecule has 0 unspecified atom stereocenters. The molecule has 3 nitrogen and oxygen atoms in total. The molecule has 1 aliphatic heterocycles. The van der Waals surface area contributed by atoms with Crippen molar-refractivity contribution in [2.45, 2.75) is 56.8 Å². The standard InChI is InChI=1S/C18H27NO2/c20-16-10-12-19(14-16)17-8-4-5-9-18(17)21-13-11-15-6-2-1-3-7-15/h1-3,6-7,16-18,20H,4-5,8-14H2/t16-,17-,18-/m1/s1. The molecular formula is C18H27NO2. The minimum absolute atomic E-state index is 0.128. The van der Waals surface area contributed by atoms with Crippen LogP contribution in [0.25, 0.3) is 0 Å². The molecule has 3 rings (SSSR count). The Morgan fingerprint density at radius 1 is 1.10 bits per heavy atom. The molecule has 0 amide bonds. The molecule has 3 heteroatoms. The molecule has 1 heterocycles. The first-order chi connectivity index (χ1) is 10.3. The first-order valence-corrected chi connectivity index (χ1v) is 8.40. The lowest BCUT2D eigenvalue weighted by Gasteiger charge is -2.37. The Balaban J connectivity index is 1.50. The van der Waals surface area contributed by atoms with Gasteiger partial charge in [-0.05, 0) is 31.2 Å². The third-order valence-corrected chi connectivity index (χ3v) is 4.90. The summed E-state index contributed by atoms with van der Waals surface area (Å²) in [5.41, 5.74) is 1.35. The molecule has 0 radical (unpaired) electrons. The molecule has 0 spiro atoms. The molecule has 1 aromatic carbocycles. The molecule has 1 N–H and O–H groups in total. The molecule has 1 aromatic rings. The first-order valence-electron chi connectivity index (χ1n) is 8.40. The molecule has 1 saturated heterocycles. The Labute approximate surface area is 127 Å². The summed E-state index contributed by atoms with van der Waals surface area (Å²) in [6.45, 7) is 2.68. The Morgan fingerprint density at radius 2 is 1.90 bits per heavy atom. The fourth-order valence-corrected chi connectivity index (χ4v) is 3.73. The molecule has 0 aromatic heterocycles. The normalized spacial score (nSPS) is 30.6. The highest BCUT2D eigenvalue weighted by Gasteiger charge is 2.34. The number of nitrogens with zero attached hydrogens (tertiary/aromatic N) is 1. The predicted octanol–water partition coefficient (Wildman–Crippen LogP) is 2.62. The van der Waals surface area contributed by atoms with E-state index in [4.69, 9.17) is 4.74 Å². The number of aliphatic hydroxyl groups is 1. The van der Waals surface area contributed by atoms with Crippen molar-refractivity contribution in [2.75, 3.05) is 19.7 Å². The monoisotopic (exact) mass is 289 g/mol. The van der Waals surface area contributed by atoms with E-state index in [0.29, 0.717) is 12.1 Å². The van der Waals surface area contributed by atoms with Gasteiger partial charge in [-0.15, -0.1) is 0 Å². The highest BCUT2D eigenvalue weighted by molar-refractivity contribution is 5.14. The summed E-state index contributed by atoms with van der Waals surface area (Å²) in [6.07, 6.45) is 7.12. The number of benzene rings is 1. The van der Waals surface area contributed by atoms with E-state index < -0.39 is 0 Å². The summed E-state index contributed by atoms with van der Waals surface area (Å²) in [7, 11) is 0. The van der Waals surface area contributed by atoms with Crippen LogP contribution in [0.3, 0.4) is 0 Å². The molecule has 116 valence electrons. The minimum Gasteiger partial charge on any atom is -0.392 e. The molecule has 2 fully saturated rings. The summed E-state index contributed by atoms with van der Waals surface area (Å²) in [5.74, 6) is 0. The lowest BCUT2D eigenvalue weighted by molar-refractivity contribution is -0.0316. The maximum absolute atomic E-state index is 9.76. The van der Waals surface area contributed by atoms with E-state index in [1.807, 2.05) is 0 Å². The lowest BCUT2D eigenvalue weighted by atomic mass is 9.91. The van der Waals surface area contributed by atoms with Crippen LogP contribution in [-0.4, -0.2) is 48.0 Å². The molecule has 2 aliphatic rings. The summed E-state index contributed by atoms with van der Waals surface area (Å²) >= 11 is 0. The highest BCUT2D eigenvalue weighted by Crippen LogP contribution is 2.28. The number of β-amino-alcohol motifs (C(OH)–C–C–N with tert-alkyl or cyclic N) is 1. The van der Waals surface area contributed by atoms with Gasteiger partial charge in [0.2, 0.25) is 0 Å². The predicted molar refractivity (Wildman–Crippen MR) is 84.3 cm³/mol. The third-order valence-electron chi connectivity index (χ3n) is 4.90. The zero-order valence-electron chi connectivity index (χ0n) is 12.8. The van der Waals surface area contributed by atoms with E-state index in [9.17, 15) is 5.11 Å². The van der Waals surface area contributed by atoms with Gasteiger partial charge in [0, 0.05) is 19.1 Å². The number of rotatable bonds is 5. The van der Waals surface area contributed by atoms with Crippen LogP contribution in [0.2, 0.25) is 0 Å². The van der Waals surface area contributed by atoms with E-state index in [1.165, 1.54) is 31.2 Å². The molecule has 1 aliphatic carbocycles. The minimum atomic E-state index is -0.128. The molecular weight excluding hydrogens is 262 g/mol. The van der Waals surface area contributed by atoms with Crippen LogP contribution in [0, 0.1) is 0 Å². The smallest absolute Gasteiger partial charge is 0.0730 e. The largest absolute Gasteiger partial charge is 0.392 e. The SMILES string of the molecule is O[C@@H]1CCN([C@@H]2CCCC[C@H]2OCCc2ccccc2)C1.